The lowest BCUT2D eigenvalue weighted by Crippen LogP contribution is -2.49. The molecule has 4 fully saturated rings. The van der Waals surface area contributed by atoms with E-state index in [2.05, 4.69) is 15.1 Å². The number of carbonyl (C=O) groups excluding carboxylic acids is 2. The van der Waals surface area contributed by atoms with Crippen LogP contribution in [-0.2, 0) is 4.79 Å². The Hall–Kier alpha value is -3.69. The summed E-state index contributed by atoms with van der Waals surface area (Å²) in [5, 5.41) is 26.4. The monoisotopic (exact) mass is 838 g/mol. The second-order valence-corrected chi connectivity index (χ2v) is 17.4. The van der Waals surface area contributed by atoms with Gasteiger partial charge in [-0.05, 0) is 144 Å². The second kappa shape index (κ2) is 19.1. The van der Waals surface area contributed by atoms with Crippen LogP contribution in [0.5, 0.6) is 11.5 Å². The van der Waals surface area contributed by atoms with Gasteiger partial charge in [0.05, 0.1) is 29.2 Å². The highest BCUT2D eigenvalue weighted by atomic mass is 35.5. The maximum Gasteiger partial charge on any atom is 0.295 e. The van der Waals surface area contributed by atoms with Gasteiger partial charge in [0.1, 0.15) is 6.10 Å². The van der Waals surface area contributed by atoms with Crippen molar-refractivity contribution in [3.8, 4) is 11.5 Å². The van der Waals surface area contributed by atoms with Crippen molar-refractivity contribution >= 4 is 44.7 Å². The lowest BCUT2D eigenvalue weighted by atomic mass is 9.99. The molecule has 0 radical (unpaired) electrons. The van der Waals surface area contributed by atoms with Gasteiger partial charge in [-0.3, -0.25) is 9.59 Å². The van der Waals surface area contributed by atoms with E-state index in [9.17, 15) is 28.6 Å². The first kappa shape index (κ1) is 42.4. The van der Waals surface area contributed by atoms with Gasteiger partial charge in [-0.1, -0.05) is 29.8 Å². The van der Waals surface area contributed by atoms with Crippen LogP contribution in [0.15, 0.2) is 60.7 Å². The van der Waals surface area contributed by atoms with Gasteiger partial charge in [-0.2, -0.15) is 0 Å². The van der Waals surface area contributed by atoms with Crippen LogP contribution in [0.25, 0.3) is 10.1 Å². The summed E-state index contributed by atoms with van der Waals surface area (Å²) >= 11 is 7.27. The van der Waals surface area contributed by atoms with E-state index in [1.165, 1.54) is 54.3 Å². The molecule has 58 heavy (non-hydrogen) atoms. The highest BCUT2D eigenvalue weighted by Gasteiger charge is 2.35. The van der Waals surface area contributed by atoms with E-state index < -0.39 is 35.8 Å². The lowest BCUT2D eigenvalue weighted by Gasteiger charge is -2.34. The van der Waals surface area contributed by atoms with Crippen molar-refractivity contribution in [2.75, 3.05) is 53.4 Å². The Morgan fingerprint density at radius 1 is 0.810 bits per heavy atom. The average molecular weight is 839 g/mol. The molecule has 14 heteroatoms. The number of hydrogen-bond acceptors (Lipinski definition) is 10. The highest BCUT2D eigenvalue weighted by molar-refractivity contribution is 7.21. The third-order valence-electron chi connectivity index (χ3n) is 11.4. The first-order valence-corrected chi connectivity index (χ1v) is 21.6. The third kappa shape index (κ3) is 10.7. The van der Waals surface area contributed by atoms with E-state index in [-0.39, 0.29) is 29.8 Å². The molecule has 2 saturated heterocycles. The molecule has 4 aliphatic rings. The Bertz CT molecular complexity index is 2050. The third-order valence-corrected chi connectivity index (χ3v) is 12.7. The number of likely N-dealkylation sites (tertiary alicyclic amines) is 2. The van der Waals surface area contributed by atoms with Gasteiger partial charge >= 0.3 is 0 Å². The topological polar surface area (TPSA) is 115 Å². The Morgan fingerprint density at radius 2 is 1.34 bits per heavy atom. The summed E-state index contributed by atoms with van der Waals surface area (Å²) in [4.78, 5) is 32.6. The number of nitrogens with one attached hydrogen (secondary N) is 1. The number of fused-ring (bicyclic) bond motifs is 1. The van der Waals surface area contributed by atoms with Crippen LogP contribution in [0.3, 0.4) is 0 Å². The van der Waals surface area contributed by atoms with Gasteiger partial charge < -0.3 is 39.7 Å². The zero-order chi connectivity index (χ0) is 40.9. The number of ether oxygens (including phenoxy) is 2. The molecule has 0 bridgehead atoms. The van der Waals surface area contributed by atoms with Crippen LogP contribution in [0.4, 0.5) is 8.78 Å². The number of likely N-dealkylation sites (N-methyl/N-ethyl adjacent to an activating group) is 2. The first-order chi connectivity index (χ1) is 28.0. The fourth-order valence-electron chi connectivity index (χ4n) is 7.57. The smallest absolute Gasteiger partial charge is 0.295 e. The molecule has 2 aliphatic heterocycles. The van der Waals surface area contributed by atoms with Crippen molar-refractivity contribution in [1.29, 1.82) is 0 Å². The van der Waals surface area contributed by atoms with Crippen molar-refractivity contribution in [3.05, 3.63) is 93.3 Å². The molecule has 0 unspecified atom stereocenters. The predicted octanol–water partition coefficient (Wildman–Crippen LogP) is 7.16. The Labute approximate surface area is 347 Å². The van der Waals surface area contributed by atoms with Crippen LogP contribution in [-0.4, -0.2) is 114 Å². The molecule has 4 atom stereocenters. The van der Waals surface area contributed by atoms with E-state index in [4.69, 9.17) is 21.1 Å². The number of amides is 1. The van der Waals surface area contributed by atoms with E-state index in [1.54, 1.807) is 36.4 Å². The Morgan fingerprint density at radius 3 is 1.86 bits per heavy atom. The molecule has 0 spiro atoms. The minimum Gasteiger partial charge on any atom is -0.487 e. The SMILES string of the molecule is CN(C(=O)C(=O)c1cc2ccc(Cl)cc2s1)[C@H](CN1CCCC1)[C@H](O)c1ccc(OC2CC2)c(F)c1.CN[C@H](CN1CCCC1)[C@H](O)c1ccc(OC2CC2)c(F)c1. The number of rotatable bonds is 16. The van der Waals surface area contributed by atoms with Crippen LogP contribution >= 0.6 is 22.9 Å². The summed E-state index contributed by atoms with van der Waals surface area (Å²) in [6.07, 6.45) is 6.64. The van der Waals surface area contributed by atoms with Gasteiger partial charge in [-0.15, -0.1) is 11.3 Å². The van der Waals surface area contributed by atoms with Crippen molar-refractivity contribution in [2.45, 2.75) is 87.9 Å². The Kier molecular flexibility index (Phi) is 14.0. The second-order valence-electron chi connectivity index (χ2n) is 15.9. The molecule has 312 valence electrons. The number of thiophene rings is 1. The van der Waals surface area contributed by atoms with E-state index in [0.29, 0.717) is 33.3 Å². The fourth-order valence-corrected chi connectivity index (χ4v) is 8.84. The van der Waals surface area contributed by atoms with Crippen molar-refractivity contribution in [1.82, 2.24) is 20.0 Å². The standard InChI is InChI=1S/C27H28ClFN2O4S.C17H25FN2O2/c1-30(27(34)26(33)24-13-16-4-6-18(28)14-23(16)36-24)21(15-31-10-2-3-11-31)25(32)17-5-9-22(20(29)12-17)35-19-7-8-19;1-19-15(11-20-8-2-3-9-20)17(21)12-4-7-16(14(18)10-12)22-13-5-6-13/h4-6,9,12-14,19,21,25,32H,2-3,7-8,10-11,15H2,1H3;4,7,10,13,15,17,19,21H,2-3,5-6,8-9,11H2,1H3/t21-,25-;15-,17-/m11/s1. The lowest BCUT2D eigenvalue weighted by molar-refractivity contribution is -0.130. The molecular weight excluding hydrogens is 786 g/mol. The van der Waals surface area contributed by atoms with Crippen LogP contribution in [0, 0.1) is 11.6 Å². The molecule has 3 heterocycles. The minimum absolute atomic E-state index is 0.0536. The number of hydrogen-bond donors (Lipinski definition) is 3. The zero-order valence-electron chi connectivity index (χ0n) is 33.0. The minimum atomic E-state index is -1.18. The predicted molar refractivity (Wildman–Crippen MR) is 222 cm³/mol. The van der Waals surface area contributed by atoms with Crippen molar-refractivity contribution in [2.24, 2.45) is 0 Å². The number of halogens is 3. The average Bonchev–Trinajstić information content (AvgIpc) is 4.03. The summed E-state index contributed by atoms with van der Waals surface area (Å²) in [6, 6.07) is 15.4. The summed E-state index contributed by atoms with van der Waals surface area (Å²) in [5.41, 5.74) is 0.933. The van der Waals surface area contributed by atoms with E-state index in [0.717, 1.165) is 81.3 Å². The largest absolute Gasteiger partial charge is 0.487 e. The number of benzene rings is 3. The number of ketones is 1. The van der Waals surface area contributed by atoms with Crippen LogP contribution in [0.1, 0.15) is 84.4 Å². The molecule has 1 aromatic heterocycles. The fraction of sp³-hybridized carbons (Fsp3) is 0.500. The molecule has 3 aromatic carbocycles. The maximum absolute atomic E-state index is 14.7. The maximum atomic E-state index is 14.7. The molecule has 8 rings (SSSR count). The van der Waals surface area contributed by atoms with Crippen LogP contribution < -0.4 is 14.8 Å². The van der Waals surface area contributed by atoms with Gasteiger partial charge in [0.25, 0.3) is 11.7 Å². The molecule has 1 amide bonds. The number of aliphatic hydroxyl groups is 2. The summed E-state index contributed by atoms with van der Waals surface area (Å²) < 4.78 is 40.7. The molecule has 2 saturated carbocycles. The Balaban J connectivity index is 0.000000199. The molecule has 10 nitrogen and oxygen atoms in total. The quantitative estimate of drug-likeness (QED) is 0.0800. The summed E-state index contributed by atoms with van der Waals surface area (Å²) in [7, 11) is 3.36. The molecular formula is C44H53ClF2N4O6S. The van der Waals surface area contributed by atoms with E-state index >= 15 is 0 Å². The normalized spacial score (nSPS) is 19.3. The van der Waals surface area contributed by atoms with Gasteiger partial charge in [0.15, 0.2) is 23.1 Å². The highest BCUT2D eigenvalue weighted by Crippen LogP contribution is 2.34. The molecule has 4 aromatic rings. The van der Waals surface area contributed by atoms with Gasteiger partial charge in [0, 0.05) is 35.9 Å². The van der Waals surface area contributed by atoms with Crippen LogP contribution in [0.2, 0.25) is 5.02 Å². The van der Waals surface area contributed by atoms with Crippen molar-refractivity contribution < 1.29 is 38.1 Å². The molecule has 2 aliphatic carbocycles. The summed E-state index contributed by atoms with van der Waals surface area (Å²) in [6.45, 7) is 5.00. The van der Waals surface area contributed by atoms with E-state index in [1.807, 2.05) is 13.1 Å². The molecule has 3 N–H and O–H groups in total. The van der Waals surface area contributed by atoms with Gasteiger partial charge in [-0.25, -0.2) is 8.78 Å². The van der Waals surface area contributed by atoms with Crippen molar-refractivity contribution in [3.63, 3.8) is 0 Å². The summed E-state index contributed by atoms with van der Waals surface area (Å²) in [5.74, 6) is -1.85. The number of nitrogens with zero attached hydrogens (tertiary/aromatic N) is 3. The number of carbonyl (C=O) groups is 2. The van der Waals surface area contributed by atoms with Gasteiger partial charge in [0.2, 0.25) is 0 Å². The zero-order valence-corrected chi connectivity index (χ0v) is 34.6. The number of aliphatic hydroxyl groups excluding tert-OH is 2. The first-order valence-electron chi connectivity index (χ1n) is 20.4. The number of Topliss-reactive ketones (excluding diaryl/α,β-unsaturated/α-hetero) is 1.